The number of benzene rings is 1. The lowest BCUT2D eigenvalue weighted by molar-refractivity contribution is -0.0955. The van der Waals surface area contributed by atoms with Gasteiger partial charge in [0.15, 0.2) is 0 Å². The second-order valence-corrected chi connectivity index (χ2v) is 3.77. The molecule has 1 aliphatic rings. The summed E-state index contributed by atoms with van der Waals surface area (Å²) in [4.78, 5) is 4.15. The van der Waals surface area contributed by atoms with Crippen LogP contribution in [0.15, 0.2) is 47.1 Å². The number of nitrogens with one attached hydrogen (secondary N) is 1. The van der Waals surface area contributed by atoms with Crippen molar-refractivity contribution in [1.82, 2.24) is 5.32 Å². The Morgan fingerprint density at radius 2 is 1.82 bits per heavy atom. The zero-order valence-electron chi connectivity index (χ0n) is 9.12. The first-order valence-electron chi connectivity index (χ1n) is 5.12. The number of nitrogens with zero attached hydrogens (tertiary/aromatic N) is 1. The van der Waals surface area contributed by atoms with E-state index in [1.807, 2.05) is 6.07 Å². The highest BCUT2D eigenvalue weighted by atomic mass is 19.4. The van der Waals surface area contributed by atoms with Crippen LogP contribution in [0.5, 0.6) is 0 Å². The van der Waals surface area contributed by atoms with E-state index in [0.29, 0.717) is 0 Å². The highest BCUT2D eigenvalue weighted by Gasteiger charge is 2.36. The standard InChI is InChI=1S/C12H11F3N2/c1-8-16-10(9-5-3-2-4-6-9)7-11(17-8)12(13,14)15/h2-7,10H,1H3,(H,16,17). The third kappa shape index (κ3) is 2.67. The minimum Gasteiger partial charge on any atom is -0.340 e. The lowest BCUT2D eigenvalue weighted by Crippen LogP contribution is -2.33. The Morgan fingerprint density at radius 1 is 1.18 bits per heavy atom. The van der Waals surface area contributed by atoms with Gasteiger partial charge in [0.05, 0.1) is 11.9 Å². The van der Waals surface area contributed by atoms with E-state index in [2.05, 4.69) is 10.3 Å². The van der Waals surface area contributed by atoms with Crippen LogP contribution in [0.3, 0.4) is 0 Å². The maximum atomic E-state index is 12.6. The summed E-state index contributed by atoms with van der Waals surface area (Å²) in [5, 5.41) is 2.24. The van der Waals surface area contributed by atoms with Crippen LogP contribution in [-0.2, 0) is 0 Å². The van der Waals surface area contributed by atoms with E-state index < -0.39 is 17.9 Å². The summed E-state index contributed by atoms with van der Waals surface area (Å²) in [6.45, 7) is 1.52. The number of hydrogen-bond acceptors (Lipinski definition) is 2. The minimum atomic E-state index is -4.37. The largest absolute Gasteiger partial charge is 0.431 e. The Hall–Kier alpha value is -1.78. The van der Waals surface area contributed by atoms with E-state index in [1.165, 1.54) is 6.92 Å². The summed E-state index contributed by atoms with van der Waals surface area (Å²) in [6.07, 6.45) is -3.27. The average molecular weight is 240 g/mol. The van der Waals surface area contributed by atoms with E-state index >= 15 is 0 Å². The van der Waals surface area contributed by atoms with Crippen LogP contribution in [0.1, 0.15) is 18.5 Å². The van der Waals surface area contributed by atoms with Crippen LogP contribution in [0.4, 0.5) is 13.2 Å². The SMILES string of the molecule is CC1=NC(c2ccccc2)C=C(C(F)(F)F)N1. The Kier molecular flexibility index (Phi) is 2.92. The lowest BCUT2D eigenvalue weighted by Gasteiger charge is -2.22. The molecule has 90 valence electrons. The van der Waals surface area contributed by atoms with Gasteiger partial charge in [-0.1, -0.05) is 30.3 Å². The Bertz CT molecular complexity index is 460. The molecule has 1 heterocycles. The van der Waals surface area contributed by atoms with Gasteiger partial charge in [-0.05, 0) is 18.6 Å². The van der Waals surface area contributed by atoms with Crippen LogP contribution >= 0.6 is 0 Å². The predicted octanol–water partition coefficient (Wildman–Crippen LogP) is 3.20. The number of rotatable bonds is 1. The molecule has 1 aliphatic heterocycles. The van der Waals surface area contributed by atoms with E-state index in [-0.39, 0.29) is 5.84 Å². The highest BCUT2D eigenvalue weighted by Crippen LogP contribution is 2.30. The maximum absolute atomic E-state index is 12.6. The van der Waals surface area contributed by atoms with Crippen LogP contribution in [0.2, 0.25) is 0 Å². The molecule has 0 saturated heterocycles. The van der Waals surface area contributed by atoms with Crippen molar-refractivity contribution in [3.8, 4) is 0 Å². The predicted molar refractivity (Wildman–Crippen MR) is 59.6 cm³/mol. The lowest BCUT2D eigenvalue weighted by atomic mass is 10.0. The summed E-state index contributed by atoms with van der Waals surface area (Å²) in [5.74, 6) is 0.272. The van der Waals surface area contributed by atoms with Crippen LogP contribution in [0, 0.1) is 0 Å². The zero-order chi connectivity index (χ0) is 12.5. The first-order chi connectivity index (χ1) is 7.97. The van der Waals surface area contributed by atoms with Gasteiger partial charge in [-0.25, -0.2) is 0 Å². The molecule has 2 rings (SSSR count). The molecule has 0 spiro atoms. The Morgan fingerprint density at radius 3 is 2.41 bits per heavy atom. The first-order valence-corrected chi connectivity index (χ1v) is 5.12. The summed E-state index contributed by atoms with van der Waals surface area (Å²) in [7, 11) is 0. The van der Waals surface area contributed by atoms with Gasteiger partial charge in [0, 0.05) is 0 Å². The Labute approximate surface area is 96.9 Å². The highest BCUT2D eigenvalue weighted by molar-refractivity contribution is 5.82. The third-order valence-electron chi connectivity index (χ3n) is 2.42. The van der Waals surface area contributed by atoms with Gasteiger partial charge < -0.3 is 5.32 Å². The second-order valence-electron chi connectivity index (χ2n) is 3.77. The topological polar surface area (TPSA) is 24.4 Å². The summed E-state index contributed by atoms with van der Waals surface area (Å²) in [6, 6.07) is 8.32. The molecule has 1 unspecified atom stereocenters. The molecule has 0 aromatic heterocycles. The fourth-order valence-electron chi connectivity index (χ4n) is 1.66. The van der Waals surface area contributed by atoms with Gasteiger partial charge in [0.25, 0.3) is 0 Å². The fourth-order valence-corrected chi connectivity index (χ4v) is 1.66. The second kappa shape index (κ2) is 4.24. The number of hydrogen-bond donors (Lipinski definition) is 1. The van der Waals surface area contributed by atoms with Gasteiger partial charge in [-0.3, -0.25) is 4.99 Å². The molecule has 0 aliphatic carbocycles. The number of allylic oxidation sites excluding steroid dienone is 1. The van der Waals surface area contributed by atoms with Crippen LogP contribution in [0.25, 0.3) is 0 Å². The number of alkyl halides is 3. The quantitative estimate of drug-likeness (QED) is 0.801. The molecule has 0 amide bonds. The molecule has 0 bridgehead atoms. The normalized spacial score (nSPS) is 20.4. The van der Waals surface area contributed by atoms with Crippen molar-refractivity contribution in [3.63, 3.8) is 0 Å². The molecule has 1 aromatic carbocycles. The molecule has 5 heteroatoms. The fraction of sp³-hybridized carbons (Fsp3) is 0.250. The summed E-state index contributed by atoms with van der Waals surface area (Å²) in [5.41, 5.74) is -0.00560. The minimum absolute atomic E-state index is 0.272. The van der Waals surface area contributed by atoms with Crippen molar-refractivity contribution >= 4 is 5.84 Å². The maximum Gasteiger partial charge on any atom is 0.431 e. The molecule has 1 N–H and O–H groups in total. The molecule has 0 radical (unpaired) electrons. The van der Waals surface area contributed by atoms with Gasteiger partial charge in [-0.2, -0.15) is 13.2 Å². The molecule has 2 nitrogen and oxygen atoms in total. The van der Waals surface area contributed by atoms with Crippen molar-refractivity contribution in [2.24, 2.45) is 4.99 Å². The first kappa shape index (κ1) is 11.7. The molecule has 1 atom stereocenters. The van der Waals surface area contributed by atoms with Crippen molar-refractivity contribution in [2.75, 3.05) is 0 Å². The van der Waals surface area contributed by atoms with Crippen molar-refractivity contribution < 1.29 is 13.2 Å². The average Bonchev–Trinajstić information content (AvgIpc) is 2.28. The van der Waals surface area contributed by atoms with E-state index in [1.54, 1.807) is 24.3 Å². The number of amidine groups is 1. The summed E-state index contributed by atoms with van der Waals surface area (Å²) < 4.78 is 37.9. The molecule has 1 aromatic rings. The van der Waals surface area contributed by atoms with E-state index in [9.17, 15) is 13.2 Å². The molecule has 0 fully saturated rings. The molecular formula is C12H11F3N2. The zero-order valence-corrected chi connectivity index (χ0v) is 9.12. The van der Waals surface area contributed by atoms with E-state index in [0.717, 1.165) is 11.6 Å². The number of aliphatic imine (C=N–C) groups is 1. The van der Waals surface area contributed by atoms with E-state index in [4.69, 9.17) is 0 Å². The monoisotopic (exact) mass is 240 g/mol. The van der Waals surface area contributed by atoms with Crippen molar-refractivity contribution in [3.05, 3.63) is 47.7 Å². The van der Waals surface area contributed by atoms with Crippen molar-refractivity contribution in [2.45, 2.75) is 19.1 Å². The van der Waals surface area contributed by atoms with Crippen LogP contribution in [-0.4, -0.2) is 12.0 Å². The Balaban J connectivity index is 2.35. The smallest absolute Gasteiger partial charge is 0.340 e. The molecular weight excluding hydrogens is 229 g/mol. The van der Waals surface area contributed by atoms with Gasteiger partial charge in [0.2, 0.25) is 0 Å². The van der Waals surface area contributed by atoms with Crippen molar-refractivity contribution in [1.29, 1.82) is 0 Å². The number of halogens is 3. The van der Waals surface area contributed by atoms with Gasteiger partial charge >= 0.3 is 6.18 Å². The molecule has 0 saturated carbocycles. The van der Waals surface area contributed by atoms with Gasteiger partial charge in [-0.15, -0.1) is 0 Å². The van der Waals surface area contributed by atoms with Gasteiger partial charge in [0.1, 0.15) is 5.70 Å². The van der Waals surface area contributed by atoms with Crippen LogP contribution < -0.4 is 5.32 Å². The summed E-state index contributed by atoms with van der Waals surface area (Å²) >= 11 is 0. The third-order valence-corrected chi connectivity index (χ3v) is 2.42. The molecule has 17 heavy (non-hydrogen) atoms.